The molecule has 0 aliphatic rings. The van der Waals surface area contributed by atoms with Crippen molar-refractivity contribution >= 4 is 5.69 Å². The molecule has 2 heterocycles. The van der Waals surface area contributed by atoms with Gasteiger partial charge in [0.05, 0.1) is 0 Å². The van der Waals surface area contributed by atoms with E-state index in [9.17, 15) is 0 Å². The van der Waals surface area contributed by atoms with Crippen LogP contribution in [0.15, 0.2) is 36.7 Å². The third-order valence-corrected chi connectivity index (χ3v) is 2.80. The number of aromatic nitrogens is 5. The smallest absolute Gasteiger partial charge is 0.253 e. The van der Waals surface area contributed by atoms with Gasteiger partial charge in [-0.3, -0.25) is 0 Å². The van der Waals surface area contributed by atoms with Gasteiger partial charge >= 0.3 is 0 Å². The number of nitrogen functional groups attached to an aromatic ring is 1. The quantitative estimate of drug-likeness (QED) is 0.711. The Balaban J connectivity index is 2.03. The molecule has 0 bridgehead atoms. The molecule has 0 unspecified atom stereocenters. The van der Waals surface area contributed by atoms with Crippen molar-refractivity contribution in [2.24, 2.45) is 0 Å². The van der Waals surface area contributed by atoms with E-state index in [4.69, 9.17) is 11.0 Å². The number of nitriles is 1. The van der Waals surface area contributed by atoms with Crippen molar-refractivity contribution in [3.8, 4) is 23.4 Å². The lowest BCUT2D eigenvalue weighted by atomic mass is 10.2. The Morgan fingerprint density at radius 3 is 2.86 bits per heavy atom. The summed E-state index contributed by atoms with van der Waals surface area (Å²) in [6, 6.07) is 10.9. The molecule has 7 nitrogen and oxygen atoms in total. The fraction of sp³-hybridized carbons (Fsp3) is 0.0714. The highest BCUT2D eigenvalue weighted by molar-refractivity contribution is 5.60. The van der Waals surface area contributed by atoms with E-state index in [1.807, 2.05) is 18.2 Å². The van der Waals surface area contributed by atoms with Crippen LogP contribution < -0.4 is 5.73 Å². The number of nitrogens with zero attached hydrogens (tertiary/aromatic N) is 6. The number of anilines is 1. The maximum Gasteiger partial charge on any atom is 0.253 e. The average Bonchev–Trinajstić information content (AvgIpc) is 2.96. The van der Waals surface area contributed by atoms with Crippen LogP contribution in [0.4, 0.5) is 5.69 Å². The lowest BCUT2D eigenvalue weighted by molar-refractivity contribution is 0.798. The minimum atomic E-state index is 0.290. The SMILES string of the molecule is Cc1cc(C#N)nc(-n2cnc(-c3cccc(N)c3)n2)n1. The van der Waals surface area contributed by atoms with Gasteiger partial charge in [-0.05, 0) is 25.1 Å². The van der Waals surface area contributed by atoms with Crippen molar-refractivity contribution in [1.29, 1.82) is 5.26 Å². The minimum Gasteiger partial charge on any atom is -0.399 e. The van der Waals surface area contributed by atoms with Gasteiger partial charge in [0.1, 0.15) is 18.1 Å². The Kier molecular flexibility index (Phi) is 3.04. The van der Waals surface area contributed by atoms with Gasteiger partial charge in [-0.1, -0.05) is 12.1 Å². The first-order chi connectivity index (χ1) is 10.2. The molecular weight excluding hydrogens is 266 g/mol. The van der Waals surface area contributed by atoms with Gasteiger partial charge in [0.15, 0.2) is 5.82 Å². The van der Waals surface area contributed by atoms with Gasteiger partial charge in [-0.15, -0.1) is 5.10 Å². The van der Waals surface area contributed by atoms with Crippen molar-refractivity contribution in [1.82, 2.24) is 24.7 Å². The predicted molar refractivity (Wildman–Crippen MR) is 76.2 cm³/mol. The number of nitrogens with two attached hydrogens (primary N) is 1. The fourth-order valence-corrected chi connectivity index (χ4v) is 1.88. The Labute approximate surface area is 120 Å². The van der Waals surface area contributed by atoms with Crippen molar-refractivity contribution in [2.75, 3.05) is 5.73 Å². The van der Waals surface area contributed by atoms with Crippen molar-refractivity contribution in [3.63, 3.8) is 0 Å². The van der Waals surface area contributed by atoms with Crippen LogP contribution in [0.1, 0.15) is 11.4 Å². The summed E-state index contributed by atoms with van der Waals surface area (Å²) in [6.07, 6.45) is 1.51. The Morgan fingerprint density at radius 2 is 2.10 bits per heavy atom. The molecule has 0 saturated heterocycles. The lowest BCUT2D eigenvalue weighted by Crippen LogP contribution is -2.04. The van der Waals surface area contributed by atoms with Gasteiger partial charge in [0.25, 0.3) is 5.95 Å². The summed E-state index contributed by atoms with van der Waals surface area (Å²) in [4.78, 5) is 12.6. The average molecular weight is 277 g/mol. The van der Waals surface area contributed by atoms with E-state index < -0.39 is 0 Å². The first-order valence-electron chi connectivity index (χ1n) is 6.19. The normalized spacial score (nSPS) is 10.3. The van der Waals surface area contributed by atoms with E-state index in [1.165, 1.54) is 11.0 Å². The van der Waals surface area contributed by atoms with E-state index in [0.717, 1.165) is 5.56 Å². The molecule has 3 rings (SSSR count). The third-order valence-electron chi connectivity index (χ3n) is 2.80. The molecule has 7 heteroatoms. The molecule has 0 amide bonds. The molecule has 102 valence electrons. The summed E-state index contributed by atoms with van der Waals surface area (Å²) in [6.45, 7) is 1.79. The van der Waals surface area contributed by atoms with Gasteiger partial charge in [-0.25, -0.2) is 15.0 Å². The van der Waals surface area contributed by atoms with E-state index >= 15 is 0 Å². The van der Waals surface area contributed by atoms with Gasteiger partial charge in [0, 0.05) is 16.9 Å². The number of benzene rings is 1. The summed E-state index contributed by atoms with van der Waals surface area (Å²) < 4.78 is 1.44. The Morgan fingerprint density at radius 1 is 1.24 bits per heavy atom. The van der Waals surface area contributed by atoms with E-state index in [0.29, 0.717) is 28.8 Å². The van der Waals surface area contributed by atoms with Gasteiger partial charge in [-0.2, -0.15) is 9.94 Å². The third kappa shape index (κ3) is 2.55. The number of hydrogen-bond acceptors (Lipinski definition) is 6. The van der Waals surface area contributed by atoms with Crippen molar-refractivity contribution in [2.45, 2.75) is 6.92 Å². The number of hydrogen-bond donors (Lipinski definition) is 1. The van der Waals surface area contributed by atoms with E-state index in [1.54, 1.807) is 25.1 Å². The Hall–Kier alpha value is -3.27. The topological polar surface area (TPSA) is 106 Å². The first kappa shape index (κ1) is 12.7. The van der Waals surface area contributed by atoms with Gasteiger partial charge < -0.3 is 5.73 Å². The largest absolute Gasteiger partial charge is 0.399 e. The fourth-order valence-electron chi connectivity index (χ4n) is 1.88. The standard InChI is InChI=1S/C14H11N7/c1-9-5-12(7-15)19-14(18-9)21-8-17-13(20-21)10-3-2-4-11(16)6-10/h2-6,8H,16H2,1H3. The van der Waals surface area contributed by atoms with Crippen LogP contribution in [-0.2, 0) is 0 Å². The summed E-state index contributed by atoms with van der Waals surface area (Å²) in [5.41, 5.74) is 8.18. The van der Waals surface area contributed by atoms with Crippen LogP contribution in [0.5, 0.6) is 0 Å². The Bertz CT molecular complexity index is 845. The zero-order valence-electron chi connectivity index (χ0n) is 11.2. The van der Waals surface area contributed by atoms with Crippen molar-refractivity contribution in [3.05, 3.63) is 48.0 Å². The molecule has 0 saturated carbocycles. The predicted octanol–water partition coefficient (Wildman–Crippen LogP) is 1.49. The second-order valence-corrected chi connectivity index (χ2v) is 4.44. The number of rotatable bonds is 2. The molecule has 0 fully saturated rings. The monoisotopic (exact) mass is 277 g/mol. The molecule has 0 spiro atoms. The molecule has 21 heavy (non-hydrogen) atoms. The minimum absolute atomic E-state index is 0.290. The summed E-state index contributed by atoms with van der Waals surface area (Å²) in [5, 5.41) is 13.3. The molecule has 2 N–H and O–H groups in total. The van der Waals surface area contributed by atoms with E-state index in [-0.39, 0.29) is 0 Å². The highest BCUT2D eigenvalue weighted by Gasteiger charge is 2.09. The van der Waals surface area contributed by atoms with Gasteiger partial charge in [0.2, 0.25) is 0 Å². The zero-order valence-corrected chi connectivity index (χ0v) is 11.2. The second kappa shape index (κ2) is 5.02. The molecule has 0 atom stereocenters. The summed E-state index contributed by atoms with van der Waals surface area (Å²) in [5.74, 6) is 0.833. The molecule has 2 aromatic heterocycles. The number of aryl methyl sites for hydroxylation is 1. The molecular formula is C14H11N7. The summed E-state index contributed by atoms with van der Waals surface area (Å²) >= 11 is 0. The second-order valence-electron chi connectivity index (χ2n) is 4.44. The highest BCUT2D eigenvalue weighted by Crippen LogP contribution is 2.17. The van der Waals surface area contributed by atoms with Crippen LogP contribution in [0.2, 0.25) is 0 Å². The molecule has 1 aromatic carbocycles. The maximum absolute atomic E-state index is 8.95. The first-order valence-corrected chi connectivity index (χ1v) is 6.19. The molecule has 3 aromatic rings. The lowest BCUT2D eigenvalue weighted by Gasteiger charge is -2.00. The van der Waals surface area contributed by atoms with E-state index in [2.05, 4.69) is 20.1 Å². The van der Waals surface area contributed by atoms with Crippen LogP contribution in [0.3, 0.4) is 0 Å². The maximum atomic E-state index is 8.95. The summed E-state index contributed by atoms with van der Waals surface area (Å²) in [7, 11) is 0. The van der Waals surface area contributed by atoms with Crippen LogP contribution in [-0.4, -0.2) is 24.7 Å². The zero-order chi connectivity index (χ0) is 14.8. The van der Waals surface area contributed by atoms with Crippen LogP contribution >= 0.6 is 0 Å². The highest BCUT2D eigenvalue weighted by atomic mass is 15.4. The molecule has 0 aliphatic carbocycles. The van der Waals surface area contributed by atoms with Crippen LogP contribution in [0.25, 0.3) is 17.3 Å². The molecule has 0 aliphatic heterocycles. The van der Waals surface area contributed by atoms with Crippen molar-refractivity contribution < 1.29 is 0 Å². The molecule has 0 radical (unpaired) electrons. The van der Waals surface area contributed by atoms with Crippen LogP contribution in [0, 0.1) is 18.3 Å².